The van der Waals surface area contributed by atoms with Gasteiger partial charge < -0.3 is 5.11 Å². The van der Waals surface area contributed by atoms with Crippen LogP contribution in [-0.2, 0) is 10.0 Å². The molecular weight excluding hydrogens is 278 g/mol. The van der Waals surface area contributed by atoms with Crippen molar-refractivity contribution in [1.29, 1.82) is 0 Å². The lowest BCUT2D eigenvalue weighted by molar-refractivity contribution is 0.0687. The van der Waals surface area contributed by atoms with E-state index in [2.05, 4.69) is 14.7 Å². The van der Waals surface area contributed by atoms with E-state index in [9.17, 15) is 13.2 Å². The minimum absolute atomic E-state index is 0.113. The zero-order valence-corrected chi connectivity index (χ0v) is 10.4. The molecular formula is C9H7N3O4S2. The molecule has 0 aliphatic rings. The summed E-state index contributed by atoms with van der Waals surface area (Å²) in [5.41, 5.74) is 0.666. The molecule has 0 saturated heterocycles. The second-order valence-corrected chi connectivity index (χ2v) is 5.85. The van der Waals surface area contributed by atoms with Crippen LogP contribution in [0.25, 0.3) is 0 Å². The van der Waals surface area contributed by atoms with Gasteiger partial charge in [-0.25, -0.2) is 23.2 Å². The molecule has 0 spiro atoms. The van der Waals surface area contributed by atoms with E-state index < -0.39 is 21.7 Å². The average Bonchev–Trinajstić information content (AvgIpc) is 2.79. The third kappa shape index (κ3) is 2.46. The number of carboxylic acids is 1. The molecule has 2 aromatic heterocycles. The first-order valence-corrected chi connectivity index (χ1v) is 6.97. The van der Waals surface area contributed by atoms with E-state index in [4.69, 9.17) is 5.11 Å². The fourth-order valence-electron chi connectivity index (χ4n) is 1.18. The minimum atomic E-state index is -3.98. The van der Waals surface area contributed by atoms with Gasteiger partial charge in [0.25, 0.3) is 10.0 Å². The molecule has 9 heteroatoms. The summed E-state index contributed by atoms with van der Waals surface area (Å²) in [7, 11) is -3.98. The summed E-state index contributed by atoms with van der Waals surface area (Å²) in [6.45, 7) is 0. The van der Waals surface area contributed by atoms with Gasteiger partial charge in [0, 0.05) is 6.20 Å². The van der Waals surface area contributed by atoms with Gasteiger partial charge in [-0.05, 0) is 12.1 Å². The van der Waals surface area contributed by atoms with E-state index in [1.54, 1.807) is 12.1 Å². The molecule has 0 unspecified atom stereocenters. The molecule has 2 N–H and O–H groups in total. The number of hydrogen-bond acceptors (Lipinski definition) is 6. The molecule has 18 heavy (non-hydrogen) atoms. The largest absolute Gasteiger partial charge is 0.476 e. The smallest absolute Gasteiger partial charge is 0.356 e. The molecule has 0 aliphatic heterocycles. The lowest BCUT2D eigenvalue weighted by atomic mass is 10.5. The molecule has 0 radical (unpaired) electrons. The van der Waals surface area contributed by atoms with E-state index in [-0.39, 0.29) is 10.0 Å². The van der Waals surface area contributed by atoms with Gasteiger partial charge >= 0.3 is 5.97 Å². The Morgan fingerprint density at radius 3 is 2.72 bits per heavy atom. The normalized spacial score (nSPS) is 11.1. The van der Waals surface area contributed by atoms with Crippen LogP contribution in [0.1, 0.15) is 10.5 Å². The molecule has 0 aromatic carbocycles. The van der Waals surface area contributed by atoms with Gasteiger partial charge in [-0.3, -0.25) is 4.72 Å². The Morgan fingerprint density at radius 2 is 2.11 bits per heavy atom. The summed E-state index contributed by atoms with van der Waals surface area (Å²) in [6, 6.07) is 4.70. The Kier molecular flexibility index (Phi) is 3.26. The van der Waals surface area contributed by atoms with Crippen LogP contribution in [-0.4, -0.2) is 29.5 Å². The molecule has 0 fully saturated rings. The predicted molar refractivity (Wildman–Crippen MR) is 64.1 cm³/mol. The molecule has 0 atom stereocenters. The van der Waals surface area contributed by atoms with Crippen molar-refractivity contribution in [3.8, 4) is 0 Å². The monoisotopic (exact) mass is 285 g/mol. The summed E-state index contributed by atoms with van der Waals surface area (Å²) in [6.07, 6.45) is 1.42. The van der Waals surface area contributed by atoms with Crippen molar-refractivity contribution in [3.63, 3.8) is 0 Å². The van der Waals surface area contributed by atoms with E-state index in [1.807, 2.05) is 0 Å². The molecule has 0 amide bonds. The number of aromatic carboxylic acids is 1. The van der Waals surface area contributed by atoms with Gasteiger partial charge in [-0.2, -0.15) is 0 Å². The number of nitrogens with one attached hydrogen (secondary N) is 1. The van der Waals surface area contributed by atoms with Crippen molar-refractivity contribution in [1.82, 2.24) is 9.97 Å². The Labute approximate surface area is 106 Å². The van der Waals surface area contributed by atoms with Crippen LogP contribution in [0.3, 0.4) is 0 Å². The number of thiazole rings is 1. The van der Waals surface area contributed by atoms with Crippen LogP contribution in [0.15, 0.2) is 34.1 Å². The summed E-state index contributed by atoms with van der Waals surface area (Å²) >= 11 is 0.734. The highest BCUT2D eigenvalue weighted by molar-refractivity contribution is 7.94. The molecule has 0 aliphatic carbocycles. The van der Waals surface area contributed by atoms with Crippen molar-refractivity contribution >= 4 is 33.1 Å². The number of carboxylic acid groups (broad SMARTS) is 1. The topological polar surface area (TPSA) is 109 Å². The zero-order valence-electron chi connectivity index (χ0n) is 8.77. The second-order valence-electron chi connectivity index (χ2n) is 3.11. The van der Waals surface area contributed by atoms with Crippen LogP contribution >= 0.6 is 11.3 Å². The van der Waals surface area contributed by atoms with Gasteiger partial charge in [-0.15, -0.1) is 11.3 Å². The number of sulfonamides is 1. The van der Waals surface area contributed by atoms with Crippen molar-refractivity contribution in [2.45, 2.75) is 4.21 Å². The summed E-state index contributed by atoms with van der Waals surface area (Å²) < 4.78 is 25.7. The summed E-state index contributed by atoms with van der Waals surface area (Å²) in [5.74, 6) is -1.28. The average molecular weight is 285 g/mol. The highest BCUT2D eigenvalue weighted by atomic mass is 32.2. The molecule has 2 aromatic rings. The Hall–Kier alpha value is -2.00. The van der Waals surface area contributed by atoms with Crippen molar-refractivity contribution in [2.75, 3.05) is 4.72 Å². The first kappa shape index (κ1) is 12.5. The first-order valence-electron chi connectivity index (χ1n) is 4.61. The van der Waals surface area contributed by atoms with E-state index in [1.165, 1.54) is 12.3 Å². The predicted octanol–water partition coefficient (Wildman–Crippen LogP) is 1.04. The number of rotatable bonds is 4. The Bertz CT molecular complexity index is 666. The summed E-state index contributed by atoms with van der Waals surface area (Å²) in [4.78, 5) is 18.1. The van der Waals surface area contributed by atoms with Gasteiger partial charge in [0.1, 0.15) is 5.82 Å². The van der Waals surface area contributed by atoms with Crippen LogP contribution in [0, 0.1) is 0 Å². The zero-order chi connectivity index (χ0) is 13.2. The number of pyridine rings is 1. The number of aromatic nitrogens is 2. The van der Waals surface area contributed by atoms with Gasteiger partial charge in [0.15, 0.2) is 9.90 Å². The van der Waals surface area contributed by atoms with Crippen molar-refractivity contribution in [2.24, 2.45) is 0 Å². The van der Waals surface area contributed by atoms with Gasteiger partial charge in [-0.1, -0.05) is 6.07 Å². The Morgan fingerprint density at radius 1 is 1.33 bits per heavy atom. The van der Waals surface area contributed by atoms with E-state index in [0.717, 1.165) is 16.8 Å². The number of nitrogens with zero attached hydrogens (tertiary/aromatic N) is 2. The van der Waals surface area contributed by atoms with Crippen molar-refractivity contribution in [3.05, 3.63) is 35.6 Å². The standard InChI is InChI=1S/C9H7N3O4S2/c13-8(14)7-9(17-5-11-7)18(15,16)12-6-3-1-2-4-10-6/h1-5H,(H,10,12)(H,13,14). The Balaban J connectivity index is 2.37. The first-order chi connectivity index (χ1) is 8.50. The SMILES string of the molecule is O=C(O)c1ncsc1S(=O)(=O)Nc1ccccn1. The maximum absolute atomic E-state index is 11.9. The number of anilines is 1. The van der Waals surface area contributed by atoms with Gasteiger partial charge in [0.2, 0.25) is 0 Å². The third-order valence-electron chi connectivity index (χ3n) is 1.89. The minimum Gasteiger partial charge on any atom is -0.476 e. The second kappa shape index (κ2) is 4.70. The molecule has 0 saturated carbocycles. The third-order valence-corrected chi connectivity index (χ3v) is 4.61. The fourth-order valence-corrected chi connectivity index (χ4v) is 3.33. The van der Waals surface area contributed by atoms with E-state index >= 15 is 0 Å². The summed E-state index contributed by atoms with van der Waals surface area (Å²) in [5, 5.41) is 8.82. The van der Waals surface area contributed by atoms with Crippen LogP contribution in [0.4, 0.5) is 5.82 Å². The van der Waals surface area contributed by atoms with Crippen LogP contribution in [0.5, 0.6) is 0 Å². The molecule has 0 bridgehead atoms. The molecule has 2 rings (SSSR count). The maximum atomic E-state index is 11.9. The lowest BCUT2D eigenvalue weighted by Crippen LogP contribution is -2.15. The van der Waals surface area contributed by atoms with Crippen LogP contribution in [0.2, 0.25) is 0 Å². The molecule has 94 valence electrons. The molecule has 2 heterocycles. The fraction of sp³-hybridized carbons (Fsp3) is 0. The number of hydrogen-bond donors (Lipinski definition) is 2. The maximum Gasteiger partial charge on any atom is 0.356 e. The van der Waals surface area contributed by atoms with Gasteiger partial charge in [0.05, 0.1) is 5.51 Å². The van der Waals surface area contributed by atoms with Crippen molar-refractivity contribution < 1.29 is 18.3 Å². The number of carbonyl (C=O) groups is 1. The van der Waals surface area contributed by atoms with E-state index in [0.29, 0.717) is 0 Å². The highest BCUT2D eigenvalue weighted by Gasteiger charge is 2.25. The highest BCUT2D eigenvalue weighted by Crippen LogP contribution is 2.22. The van der Waals surface area contributed by atoms with Crippen LogP contribution < -0.4 is 4.72 Å². The molecule has 7 nitrogen and oxygen atoms in total. The quantitative estimate of drug-likeness (QED) is 0.868. The lowest BCUT2D eigenvalue weighted by Gasteiger charge is -2.05.